The van der Waals surface area contributed by atoms with Crippen molar-refractivity contribution in [2.24, 2.45) is 0 Å². The molecule has 0 aliphatic carbocycles. The molecule has 1 N–H and O–H groups in total. The van der Waals surface area contributed by atoms with Crippen LogP contribution in [0.15, 0.2) is 18.2 Å². The Labute approximate surface area is 96.0 Å². The molecule has 1 aromatic heterocycles. The van der Waals surface area contributed by atoms with Crippen LogP contribution in [0.25, 0.3) is 0 Å². The van der Waals surface area contributed by atoms with Gasteiger partial charge in [0.25, 0.3) is 0 Å². The van der Waals surface area contributed by atoms with Crippen LogP contribution in [0.5, 0.6) is 0 Å². The Bertz CT molecular complexity index is 362. The van der Waals surface area contributed by atoms with Gasteiger partial charge in [-0.15, -0.1) is 0 Å². The first-order valence-corrected chi connectivity index (χ1v) is 5.43. The van der Waals surface area contributed by atoms with Gasteiger partial charge in [-0.05, 0) is 39.8 Å². The summed E-state index contributed by atoms with van der Waals surface area (Å²) in [6.07, 6.45) is -0.129. The molecule has 0 radical (unpaired) electrons. The van der Waals surface area contributed by atoms with Crippen LogP contribution >= 0.6 is 0 Å². The number of anilines is 1. The van der Waals surface area contributed by atoms with E-state index in [1.807, 2.05) is 33.8 Å². The number of pyridine rings is 1. The second-order valence-electron chi connectivity index (χ2n) is 4.16. The molecule has 0 aromatic carbocycles. The molecule has 0 unspecified atom stereocenters. The molecule has 0 fully saturated rings. The van der Waals surface area contributed by atoms with Crippen LogP contribution in [0.2, 0.25) is 0 Å². The zero-order chi connectivity index (χ0) is 12.1. The van der Waals surface area contributed by atoms with Gasteiger partial charge in [-0.3, -0.25) is 0 Å². The quantitative estimate of drug-likeness (QED) is 0.795. The van der Waals surface area contributed by atoms with Crippen LogP contribution in [-0.4, -0.2) is 23.1 Å². The van der Waals surface area contributed by atoms with E-state index in [9.17, 15) is 4.79 Å². The number of hydrogen-bond acceptors (Lipinski definition) is 4. The third kappa shape index (κ3) is 3.88. The van der Waals surface area contributed by atoms with Crippen LogP contribution in [0.4, 0.5) is 5.82 Å². The molecule has 0 amide bonds. The van der Waals surface area contributed by atoms with E-state index in [2.05, 4.69) is 10.3 Å². The van der Waals surface area contributed by atoms with Crippen molar-refractivity contribution in [1.82, 2.24) is 4.98 Å². The molecule has 4 nitrogen and oxygen atoms in total. The van der Waals surface area contributed by atoms with Crippen molar-refractivity contribution in [2.75, 3.05) is 5.32 Å². The molecular weight excluding hydrogens is 204 g/mol. The Kier molecular flexibility index (Phi) is 4.28. The third-order valence-electron chi connectivity index (χ3n) is 1.74. The third-order valence-corrected chi connectivity index (χ3v) is 1.74. The molecule has 0 spiro atoms. The van der Waals surface area contributed by atoms with Gasteiger partial charge in [0, 0.05) is 6.04 Å². The van der Waals surface area contributed by atoms with E-state index in [0.29, 0.717) is 11.5 Å². The molecule has 0 saturated heterocycles. The molecular formula is C12H18N2O2. The molecule has 1 aromatic rings. The smallest absolute Gasteiger partial charge is 0.357 e. The van der Waals surface area contributed by atoms with Crippen molar-refractivity contribution < 1.29 is 9.53 Å². The van der Waals surface area contributed by atoms with Crippen molar-refractivity contribution in [3.63, 3.8) is 0 Å². The summed E-state index contributed by atoms with van der Waals surface area (Å²) in [5.74, 6) is 0.301. The summed E-state index contributed by atoms with van der Waals surface area (Å²) in [5, 5.41) is 3.13. The fourth-order valence-electron chi connectivity index (χ4n) is 1.20. The molecule has 88 valence electrons. The predicted octanol–water partition coefficient (Wildman–Crippen LogP) is 2.47. The number of carbonyl (C=O) groups is 1. The van der Waals surface area contributed by atoms with Gasteiger partial charge in [-0.1, -0.05) is 6.07 Å². The number of nitrogens with zero attached hydrogens (tertiary/aromatic N) is 1. The molecule has 1 heterocycles. The molecule has 0 atom stereocenters. The minimum Gasteiger partial charge on any atom is -0.458 e. The fraction of sp³-hybridized carbons (Fsp3) is 0.500. The van der Waals surface area contributed by atoms with Crippen LogP contribution in [-0.2, 0) is 4.74 Å². The number of hydrogen-bond donors (Lipinski definition) is 1. The normalized spacial score (nSPS) is 10.6. The van der Waals surface area contributed by atoms with E-state index in [1.54, 1.807) is 12.1 Å². The summed E-state index contributed by atoms with van der Waals surface area (Å²) in [7, 11) is 0. The molecule has 1 rings (SSSR count). The summed E-state index contributed by atoms with van der Waals surface area (Å²) >= 11 is 0. The average molecular weight is 222 g/mol. The van der Waals surface area contributed by atoms with Crippen LogP contribution in [0.3, 0.4) is 0 Å². The van der Waals surface area contributed by atoms with E-state index in [1.165, 1.54) is 0 Å². The predicted molar refractivity (Wildman–Crippen MR) is 63.5 cm³/mol. The Hall–Kier alpha value is -1.58. The lowest BCUT2D eigenvalue weighted by atomic mass is 10.3. The topological polar surface area (TPSA) is 51.2 Å². The first kappa shape index (κ1) is 12.5. The molecule has 0 aliphatic heterocycles. The lowest BCUT2D eigenvalue weighted by Crippen LogP contribution is -2.15. The summed E-state index contributed by atoms with van der Waals surface area (Å²) in [5.41, 5.74) is 0.333. The SMILES string of the molecule is CC(C)Nc1cccc(C(=O)OC(C)C)n1. The van der Waals surface area contributed by atoms with E-state index in [-0.39, 0.29) is 18.1 Å². The van der Waals surface area contributed by atoms with Crippen molar-refractivity contribution in [3.8, 4) is 0 Å². The molecule has 4 heteroatoms. The zero-order valence-electron chi connectivity index (χ0n) is 10.2. The Balaban J connectivity index is 2.77. The van der Waals surface area contributed by atoms with Crippen molar-refractivity contribution in [2.45, 2.75) is 39.8 Å². The summed E-state index contributed by atoms with van der Waals surface area (Å²) in [6, 6.07) is 5.54. The fourth-order valence-corrected chi connectivity index (χ4v) is 1.20. The first-order chi connectivity index (χ1) is 7.49. The van der Waals surface area contributed by atoms with Gasteiger partial charge in [0.05, 0.1) is 6.10 Å². The maximum absolute atomic E-state index is 11.6. The van der Waals surface area contributed by atoms with Gasteiger partial charge in [-0.25, -0.2) is 9.78 Å². The standard InChI is InChI=1S/C12H18N2O2/c1-8(2)13-11-7-5-6-10(14-11)12(15)16-9(3)4/h5-9H,1-4H3,(H,13,14). The van der Waals surface area contributed by atoms with E-state index >= 15 is 0 Å². The van der Waals surface area contributed by atoms with Crippen molar-refractivity contribution >= 4 is 11.8 Å². The minimum atomic E-state index is -0.387. The monoisotopic (exact) mass is 222 g/mol. The second kappa shape index (κ2) is 5.49. The van der Waals surface area contributed by atoms with Crippen LogP contribution in [0, 0.1) is 0 Å². The highest BCUT2D eigenvalue weighted by Gasteiger charge is 2.11. The second-order valence-corrected chi connectivity index (χ2v) is 4.16. The molecule has 0 aliphatic rings. The lowest BCUT2D eigenvalue weighted by Gasteiger charge is -2.11. The number of esters is 1. The van der Waals surface area contributed by atoms with Gasteiger partial charge in [0.1, 0.15) is 5.82 Å². The largest absolute Gasteiger partial charge is 0.458 e. The Morgan fingerprint density at radius 2 is 2.00 bits per heavy atom. The molecule has 0 bridgehead atoms. The number of nitrogens with one attached hydrogen (secondary N) is 1. The maximum Gasteiger partial charge on any atom is 0.357 e. The highest BCUT2D eigenvalue weighted by atomic mass is 16.5. The highest BCUT2D eigenvalue weighted by Crippen LogP contribution is 2.08. The average Bonchev–Trinajstić information content (AvgIpc) is 2.16. The van der Waals surface area contributed by atoms with Gasteiger partial charge in [0.15, 0.2) is 5.69 Å². The van der Waals surface area contributed by atoms with Gasteiger partial charge in [0.2, 0.25) is 0 Å². The van der Waals surface area contributed by atoms with Crippen molar-refractivity contribution in [1.29, 1.82) is 0 Å². The highest BCUT2D eigenvalue weighted by molar-refractivity contribution is 5.87. The maximum atomic E-state index is 11.6. The van der Waals surface area contributed by atoms with E-state index in [4.69, 9.17) is 4.74 Å². The van der Waals surface area contributed by atoms with Gasteiger partial charge < -0.3 is 10.1 Å². The van der Waals surface area contributed by atoms with Gasteiger partial charge in [-0.2, -0.15) is 0 Å². The first-order valence-electron chi connectivity index (χ1n) is 5.43. The van der Waals surface area contributed by atoms with Crippen LogP contribution < -0.4 is 5.32 Å². The summed E-state index contributed by atoms with van der Waals surface area (Å²) in [6.45, 7) is 7.66. The summed E-state index contributed by atoms with van der Waals surface area (Å²) < 4.78 is 5.07. The number of carbonyl (C=O) groups excluding carboxylic acids is 1. The Morgan fingerprint density at radius 1 is 1.31 bits per heavy atom. The molecule has 0 saturated carbocycles. The van der Waals surface area contributed by atoms with Crippen molar-refractivity contribution in [3.05, 3.63) is 23.9 Å². The zero-order valence-corrected chi connectivity index (χ0v) is 10.2. The Morgan fingerprint density at radius 3 is 2.56 bits per heavy atom. The number of aromatic nitrogens is 1. The van der Waals surface area contributed by atoms with E-state index in [0.717, 1.165) is 0 Å². The number of ether oxygens (including phenoxy) is 1. The molecule has 16 heavy (non-hydrogen) atoms. The lowest BCUT2D eigenvalue weighted by molar-refractivity contribution is 0.0371. The van der Waals surface area contributed by atoms with Gasteiger partial charge >= 0.3 is 5.97 Å². The number of rotatable bonds is 4. The minimum absolute atomic E-state index is 0.129. The summed E-state index contributed by atoms with van der Waals surface area (Å²) in [4.78, 5) is 15.8. The van der Waals surface area contributed by atoms with Crippen LogP contribution in [0.1, 0.15) is 38.2 Å². The van der Waals surface area contributed by atoms with E-state index < -0.39 is 0 Å².